The van der Waals surface area contributed by atoms with Gasteiger partial charge in [-0.2, -0.15) is 0 Å². The van der Waals surface area contributed by atoms with E-state index in [2.05, 4.69) is 23.9 Å². The third-order valence-electron chi connectivity index (χ3n) is 4.43. The number of hydrogen-bond acceptors (Lipinski definition) is 3. The van der Waals surface area contributed by atoms with Crippen LogP contribution in [0.4, 0.5) is 14.5 Å². The van der Waals surface area contributed by atoms with Crippen LogP contribution in [-0.4, -0.2) is 34.0 Å². The molecular formula is C18H18F2N4. The largest absolute Gasteiger partial charge is 0.365 e. The summed E-state index contributed by atoms with van der Waals surface area (Å²) < 4.78 is 28.8. The van der Waals surface area contributed by atoms with Gasteiger partial charge in [0.25, 0.3) is 0 Å². The zero-order chi connectivity index (χ0) is 16.8. The molecule has 3 heterocycles. The fraction of sp³-hybridized carbons (Fsp3) is 0.333. The Balaban J connectivity index is 1.75. The summed E-state index contributed by atoms with van der Waals surface area (Å²) in [5.74, 6) is -0.00154. The monoisotopic (exact) mass is 328 g/mol. The summed E-state index contributed by atoms with van der Waals surface area (Å²) in [4.78, 5) is 6.24. The maximum Gasteiger partial charge on any atom is 0.181 e. The summed E-state index contributed by atoms with van der Waals surface area (Å²) in [5.41, 5.74) is 2.84. The van der Waals surface area contributed by atoms with Gasteiger partial charge in [0.15, 0.2) is 5.65 Å². The van der Waals surface area contributed by atoms with Crippen molar-refractivity contribution in [1.29, 1.82) is 0 Å². The molecule has 4 nitrogen and oxygen atoms in total. The van der Waals surface area contributed by atoms with Crippen molar-refractivity contribution in [2.45, 2.75) is 25.9 Å². The van der Waals surface area contributed by atoms with Crippen molar-refractivity contribution in [3.05, 3.63) is 48.0 Å². The van der Waals surface area contributed by atoms with Crippen LogP contribution in [-0.2, 0) is 0 Å². The normalized spacial score (nSPS) is 15.3. The van der Waals surface area contributed by atoms with E-state index in [1.165, 1.54) is 10.7 Å². The second-order valence-corrected chi connectivity index (χ2v) is 6.55. The van der Waals surface area contributed by atoms with Crippen LogP contribution in [0.15, 0.2) is 36.7 Å². The highest BCUT2D eigenvalue weighted by Gasteiger charge is 2.27. The number of halogens is 2. The van der Waals surface area contributed by atoms with E-state index in [1.54, 1.807) is 24.5 Å². The maximum absolute atomic E-state index is 14.3. The lowest BCUT2D eigenvalue weighted by Crippen LogP contribution is -2.48. The summed E-state index contributed by atoms with van der Waals surface area (Å²) in [6.07, 6.45) is 2.78. The first-order chi connectivity index (χ1) is 11.5. The molecule has 2 aromatic heterocycles. The second kappa shape index (κ2) is 5.54. The van der Waals surface area contributed by atoms with E-state index in [-0.39, 0.29) is 5.82 Å². The summed E-state index contributed by atoms with van der Waals surface area (Å²) >= 11 is 0. The molecule has 6 heteroatoms. The summed E-state index contributed by atoms with van der Waals surface area (Å²) in [6.45, 7) is 4.90. The zero-order valence-electron chi connectivity index (χ0n) is 13.6. The molecule has 1 aromatic carbocycles. The van der Waals surface area contributed by atoms with E-state index >= 15 is 0 Å². The molecular weight excluding hydrogens is 310 g/mol. The lowest BCUT2D eigenvalue weighted by Gasteiger charge is -2.36. The molecule has 0 unspecified atom stereocenters. The average Bonchev–Trinajstić information content (AvgIpc) is 2.95. The molecule has 0 N–H and O–H groups in total. The van der Waals surface area contributed by atoms with Crippen molar-refractivity contribution >= 4 is 16.7 Å². The maximum atomic E-state index is 14.3. The lowest BCUT2D eigenvalue weighted by molar-refractivity contribution is 0.275. The van der Waals surface area contributed by atoms with Crippen molar-refractivity contribution < 1.29 is 8.78 Å². The summed E-state index contributed by atoms with van der Waals surface area (Å²) in [5, 5.41) is 5.25. The van der Waals surface area contributed by atoms with Gasteiger partial charge in [0.05, 0.1) is 13.1 Å². The highest BCUT2D eigenvalue weighted by molar-refractivity contribution is 5.75. The van der Waals surface area contributed by atoms with Crippen molar-refractivity contribution in [2.24, 2.45) is 0 Å². The van der Waals surface area contributed by atoms with Gasteiger partial charge in [-0.25, -0.2) is 18.4 Å². The van der Waals surface area contributed by atoms with E-state index in [0.717, 1.165) is 16.6 Å². The van der Waals surface area contributed by atoms with Crippen LogP contribution in [0.2, 0.25) is 0 Å². The summed E-state index contributed by atoms with van der Waals surface area (Å²) in [7, 11) is 0. The Hall–Kier alpha value is -2.50. The Morgan fingerprint density at radius 2 is 2.00 bits per heavy atom. The molecule has 0 atom stereocenters. The predicted octanol–water partition coefficient (Wildman–Crippen LogP) is 3.84. The third-order valence-corrected chi connectivity index (χ3v) is 4.43. The molecule has 0 radical (unpaired) electrons. The lowest BCUT2D eigenvalue weighted by atomic mass is 10.1. The number of hydrogen-bond donors (Lipinski definition) is 0. The quantitative estimate of drug-likeness (QED) is 0.732. The van der Waals surface area contributed by atoms with Crippen molar-refractivity contribution in [2.75, 3.05) is 18.0 Å². The van der Waals surface area contributed by atoms with E-state index < -0.39 is 6.17 Å². The van der Waals surface area contributed by atoms with Crippen LogP contribution in [0, 0.1) is 5.82 Å². The molecule has 124 valence electrons. The van der Waals surface area contributed by atoms with Crippen LogP contribution in [0.5, 0.6) is 0 Å². The minimum Gasteiger partial charge on any atom is -0.365 e. The van der Waals surface area contributed by atoms with Gasteiger partial charge in [-0.3, -0.25) is 0 Å². The van der Waals surface area contributed by atoms with Crippen LogP contribution in [0.1, 0.15) is 25.3 Å². The Labute approximate surface area is 138 Å². The van der Waals surface area contributed by atoms with Crippen molar-refractivity contribution in [1.82, 2.24) is 14.8 Å². The Kier molecular flexibility index (Phi) is 3.48. The first-order valence-corrected chi connectivity index (χ1v) is 8.05. The minimum absolute atomic E-state index is 0.346. The van der Waals surface area contributed by atoms with Crippen molar-refractivity contribution in [3.8, 4) is 5.69 Å². The van der Waals surface area contributed by atoms with E-state index in [4.69, 9.17) is 0 Å². The standard InChI is InChI=1S/C18H18F2N4/c1-11(2)12-5-13-8-24(22-18(13)21-7-12)17-6-15(3-4-16(17)20)23-9-14(19)10-23/h3-8,11,14H,9-10H2,1-2H3. The first kappa shape index (κ1) is 15.1. The molecule has 4 rings (SSSR count). The molecule has 0 spiro atoms. The third kappa shape index (κ3) is 2.52. The highest BCUT2D eigenvalue weighted by Crippen LogP contribution is 2.27. The summed E-state index contributed by atoms with van der Waals surface area (Å²) in [6, 6.07) is 6.80. The van der Waals surface area contributed by atoms with Gasteiger partial charge in [0.1, 0.15) is 17.7 Å². The number of benzene rings is 1. The zero-order valence-corrected chi connectivity index (χ0v) is 13.6. The molecule has 1 saturated heterocycles. The molecule has 24 heavy (non-hydrogen) atoms. The van der Waals surface area contributed by atoms with Gasteiger partial charge >= 0.3 is 0 Å². The highest BCUT2D eigenvalue weighted by atomic mass is 19.1. The molecule has 0 aliphatic carbocycles. The van der Waals surface area contributed by atoms with Gasteiger partial charge in [0, 0.05) is 23.5 Å². The smallest absolute Gasteiger partial charge is 0.181 e. The second-order valence-electron chi connectivity index (χ2n) is 6.55. The number of pyridine rings is 1. The van der Waals surface area contributed by atoms with Crippen LogP contribution in [0.3, 0.4) is 0 Å². The topological polar surface area (TPSA) is 34.0 Å². The van der Waals surface area contributed by atoms with Crippen LogP contribution >= 0.6 is 0 Å². The fourth-order valence-electron chi connectivity index (χ4n) is 2.88. The molecule has 0 bridgehead atoms. The van der Waals surface area contributed by atoms with Crippen LogP contribution < -0.4 is 4.90 Å². The Morgan fingerprint density at radius 1 is 1.21 bits per heavy atom. The van der Waals surface area contributed by atoms with E-state index in [1.807, 2.05) is 11.0 Å². The van der Waals surface area contributed by atoms with Crippen molar-refractivity contribution in [3.63, 3.8) is 0 Å². The van der Waals surface area contributed by atoms with Gasteiger partial charge < -0.3 is 4.90 Å². The van der Waals surface area contributed by atoms with E-state index in [0.29, 0.717) is 30.3 Å². The SMILES string of the molecule is CC(C)c1cnc2nn(-c3cc(N4CC(F)C4)ccc3F)cc2c1. The first-order valence-electron chi connectivity index (χ1n) is 8.05. The number of anilines is 1. The van der Waals surface area contributed by atoms with Gasteiger partial charge in [-0.1, -0.05) is 13.8 Å². The Morgan fingerprint density at radius 3 is 2.71 bits per heavy atom. The average molecular weight is 328 g/mol. The number of fused-ring (bicyclic) bond motifs is 1. The molecule has 0 amide bonds. The number of nitrogens with zero attached hydrogens (tertiary/aromatic N) is 4. The molecule has 1 fully saturated rings. The Bertz CT molecular complexity index is 897. The molecule has 3 aromatic rings. The minimum atomic E-state index is -0.801. The number of aromatic nitrogens is 3. The van der Waals surface area contributed by atoms with E-state index in [9.17, 15) is 8.78 Å². The number of alkyl halides is 1. The molecule has 1 aliphatic heterocycles. The predicted molar refractivity (Wildman–Crippen MR) is 90.0 cm³/mol. The molecule has 0 saturated carbocycles. The van der Waals surface area contributed by atoms with Gasteiger partial charge in [-0.15, -0.1) is 5.10 Å². The fourth-order valence-corrected chi connectivity index (χ4v) is 2.88. The number of rotatable bonds is 3. The van der Waals surface area contributed by atoms with Gasteiger partial charge in [-0.05, 0) is 35.7 Å². The molecule has 1 aliphatic rings. The van der Waals surface area contributed by atoms with Crippen LogP contribution in [0.25, 0.3) is 16.7 Å². The van der Waals surface area contributed by atoms with Gasteiger partial charge in [0.2, 0.25) is 0 Å².